The van der Waals surface area contributed by atoms with Gasteiger partial charge in [-0.15, -0.1) is 0 Å². The number of nitrogens with zero attached hydrogens (tertiary/aromatic N) is 1. The quantitative estimate of drug-likeness (QED) is 0.0724. The Morgan fingerprint density at radius 2 is 1.51 bits per heavy atom. The molecule has 4 amide bonds. The van der Waals surface area contributed by atoms with Crippen molar-refractivity contribution < 1.29 is 24.3 Å². The highest BCUT2D eigenvalue weighted by atomic mass is 16.3. The highest BCUT2D eigenvalue weighted by Gasteiger charge is 2.31. The van der Waals surface area contributed by atoms with E-state index in [2.05, 4.69) is 31.2 Å². The van der Waals surface area contributed by atoms with Gasteiger partial charge < -0.3 is 31.4 Å². The van der Waals surface area contributed by atoms with E-state index in [0.717, 1.165) is 34.7 Å². The first-order valence-corrected chi connectivity index (χ1v) is 18.8. The summed E-state index contributed by atoms with van der Waals surface area (Å²) in [6.07, 6.45) is 4.98. The molecule has 0 fully saturated rings. The number of carbonyl (C=O) groups excluding carboxylic acids is 4. The Morgan fingerprint density at radius 3 is 2.23 bits per heavy atom. The smallest absolute Gasteiger partial charge is 0.243 e. The molecular formula is C42H56N6O5. The lowest BCUT2D eigenvalue weighted by Crippen LogP contribution is -2.57. The molecule has 0 saturated carbocycles. The number of hydrogen-bond acceptors (Lipinski definition) is 6. The van der Waals surface area contributed by atoms with Gasteiger partial charge in [0.2, 0.25) is 23.6 Å². The molecule has 0 radical (unpaired) electrons. The molecule has 0 bridgehead atoms. The van der Waals surface area contributed by atoms with Crippen molar-refractivity contribution in [2.45, 2.75) is 103 Å². The van der Waals surface area contributed by atoms with Gasteiger partial charge in [0.25, 0.3) is 0 Å². The van der Waals surface area contributed by atoms with Crippen LogP contribution in [0.3, 0.4) is 0 Å². The maximum Gasteiger partial charge on any atom is 0.243 e. The Labute approximate surface area is 313 Å². The normalized spacial score (nSPS) is 14.2. The number of amides is 4. The number of aryl methyl sites for hydroxylation is 1. The standard InChI is InChI=1S/C42H56N6O5/c1-5-29(4)25-44-40(51)24-38(49)35(21-28(2)3)47-42(53)37(23-33-26-43-27-45-33)48-41(52)36(22-32-18-12-17-31-16-9-10-19-34(31)32)46-39(50)20-11-15-30-13-7-6-8-14-30/h6-10,12-14,16-19,26-29,35-38,49H,5,11,15,20-25H2,1-4H3,(H,43,45)(H,44,51)(H,46,50)(H,47,53)(H,48,52)/t29?,35?,36-,37-,38?/m0/s1. The minimum Gasteiger partial charge on any atom is -0.390 e. The van der Waals surface area contributed by atoms with Crippen molar-refractivity contribution in [2.75, 3.05) is 6.54 Å². The number of aliphatic hydroxyl groups is 1. The summed E-state index contributed by atoms with van der Waals surface area (Å²) in [5.74, 6) is -1.20. The maximum absolute atomic E-state index is 14.2. The zero-order valence-corrected chi connectivity index (χ0v) is 31.4. The average molecular weight is 725 g/mol. The Kier molecular flexibility index (Phi) is 16.0. The van der Waals surface area contributed by atoms with Crippen LogP contribution in [0.1, 0.15) is 76.6 Å². The van der Waals surface area contributed by atoms with E-state index in [4.69, 9.17) is 0 Å². The third-order valence-electron chi connectivity index (χ3n) is 9.53. The number of nitrogens with one attached hydrogen (secondary N) is 5. The van der Waals surface area contributed by atoms with E-state index in [1.165, 1.54) is 6.33 Å². The summed E-state index contributed by atoms with van der Waals surface area (Å²) in [5.41, 5.74) is 2.56. The second-order valence-corrected chi connectivity index (χ2v) is 14.5. The number of fused-ring (bicyclic) bond motifs is 1. The fourth-order valence-corrected chi connectivity index (χ4v) is 6.30. The summed E-state index contributed by atoms with van der Waals surface area (Å²) in [4.78, 5) is 61.5. The molecule has 0 saturated heterocycles. The molecule has 1 aromatic heterocycles. The van der Waals surface area contributed by atoms with Crippen LogP contribution in [0.15, 0.2) is 85.3 Å². The second-order valence-electron chi connectivity index (χ2n) is 14.5. The van der Waals surface area contributed by atoms with Gasteiger partial charge in [-0.2, -0.15) is 0 Å². The van der Waals surface area contributed by atoms with Crippen LogP contribution >= 0.6 is 0 Å². The third kappa shape index (κ3) is 13.5. The van der Waals surface area contributed by atoms with Crippen molar-refractivity contribution in [3.8, 4) is 0 Å². The number of H-pyrrole nitrogens is 1. The van der Waals surface area contributed by atoms with E-state index in [1.54, 1.807) is 6.20 Å². The van der Waals surface area contributed by atoms with E-state index in [0.29, 0.717) is 31.0 Å². The monoisotopic (exact) mass is 724 g/mol. The first kappa shape index (κ1) is 40.7. The maximum atomic E-state index is 14.2. The highest BCUT2D eigenvalue weighted by molar-refractivity contribution is 5.93. The molecule has 6 N–H and O–H groups in total. The van der Waals surface area contributed by atoms with Gasteiger partial charge in [0.1, 0.15) is 12.1 Å². The van der Waals surface area contributed by atoms with Crippen LogP contribution in [-0.4, -0.2) is 69.5 Å². The number of aromatic amines is 1. The molecule has 11 nitrogen and oxygen atoms in total. The largest absolute Gasteiger partial charge is 0.390 e. The summed E-state index contributed by atoms with van der Waals surface area (Å²) in [7, 11) is 0. The first-order valence-electron chi connectivity index (χ1n) is 18.8. The predicted molar refractivity (Wildman–Crippen MR) is 208 cm³/mol. The van der Waals surface area contributed by atoms with Crippen molar-refractivity contribution in [3.63, 3.8) is 0 Å². The second kappa shape index (κ2) is 20.9. The van der Waals surface area contributed by atoms with Gasteiger partial charge >= 0.3 is 0 Å². The molecule has 0 spiro atoms. The van der Waals surface area contributed by atoms with Crippen LogP contribution in [0.2, 0.25) is 0 Å². The SMILES string of the molecule is CCC(C)CNC(=O)CC(O)C(CC(C)C)NC(=O)[C@H](Cc1c[nH]cn1)NC(=O)[C@H](Cc1cccc2ccccc12)NC(=O)CCCc1ccccc1. The molecular weight excluding hydrogens is 668 g/mol. The molecule has 0 aliphatic rings. The van der Waals surface area contributed by atoms with E-state index in [-0.39, 0.29) is 43.4 Å². The molecule has 1 heterocycles. The molecule has 3 unspecified atom stereocenters. The average Bonchev–Trinajstić information content (AvgIpc) is 3.66. The van der Waals surface area contributed by atoms with E-state index < -0.39 is 36.0 Å². The fourth-order valence-electron chi connectivity index (χ4n) is 6.30. The summed E-state index contributed by atoms with van der Waals surface area (Å²) in [6.45, 7) is 8.53. The predicted octanol–water partition coefficient (Wildman–Crippen LogP) is 4.78. The minimum absolute atomic E-state index is 0.0625. The van der Waals surface area contributed by atoms with Crippen LogP contribution in [0, 0.1) is 11.8 Å². The third-order valence-corrected chi connectivity index (χ3v) is 9.53. The van der Waals surface area contributed by atoms with E-state index >= 15 is 0 Å². The van der Waals surface area contributed by atoms with E-state index in [1.807, 2.05) is 100 Å². The summed E-state index contributed by atoms with van der Waals surface area (Å²) in [5, 5.41) is 24.8. The van der Waals surface area contributed by atoms with Crippen molar-refractivity contribution in [2.24, 2.45) is 11.8 Å². The van der Waals surface area contributed by atoms with Crippen molar-refractivity contribution in [1.82, 2.24) is 31.2 Å². The van der Waals surface area contributed by atoms with Crippen LogP contribution in [0.25, 0.3) is 10.8 Å². The molecule has 5 atom stereocenters. The molecule has 284 valence electrons. The number of imidazole rings is 1. The Balaban J connectivity index is 1.53. The van der Waals surface area contributed by atoms with Crippen molar-refractivity contribution >= 4 is 34.4 Å². The number of carbonyl (C=O) groups is 4. The van der Waals surface area contributed by atoms with Crippen LogP contribution in [-0.2, 0) is 38.4 Å². The summed E-state index contributed by atoms with van der Waals surface area (Å²) >= 11 is 0. The number of rotatable bonds is 21. The molecule has 4 aromatic rings. The van der Waals surface area contributed by atoms with Gasteiger partial charge in [-0.1, -0.05) is 107 Å². The zero-order valence-electron chi connectivity index (χ0n) is 31.4. The lowest BCUT2D eigenvalue weighted by molar-refractivity contribution is -0.133. The van der Waals surface area contributed by atoms with Gasteiger partial charge in [-0.25, -0.2) is 4.98 Å². The highest BCUT2D eigenvalue weighted by Crippen LogP contribution is 2.20. The lowest BCUT2D eigenvalue weighted by Gasteiger charge is -2.29. The van der Waals surface area contributed by atoms with Crippen molar-refractivity contribution in [3.05, 3.63) is 102 Å². The Hall–Kier alpha value is -5.03. The van der Waals surface area contributed by atoms with Crippen molar-refractivity contribution in [1.29, 1.82) is 0 Å². The summed E-state index contributed by atoms with van der Waals surface area (Å²) < 4.78 is 0. The molecule has 4 rings (SSSR count). The topological polar surface area (TPSA) is 165 Å². The number of aromatic nitrogens is 2. The molecule has 0 aliphatic heterocycles. The Morgan fingerprint density at radius 1 is 0.811 bits per heavy atom. The molecule has 0 aliphatic carbocycles. The number of aliphatic hydroxyl groups excluding tert-OH is 1. The van der Waals surface area contributed by atoms with Crippen LogP contribution < -0.4 is 21.3 Å². The number of hydrogen-bond donors (Lipinski definition) is 6. The zero-order chi connectivity index (χ0) is 38.2. The van der Waals surface area contributed by atoms with Gasteiger partial charge in [0, 0.05) is 32.0 Å². The fraction of sp³-hybridized carbons (Fsp3) is 0.452. The van der Waals surface area contributed by atoms with Gasteiger partial charge in [-0.05, 0) is 53.0 Å². The lowest BCUT2D eigenvalue weighted by atomic mass is 9.96. The van der Waals surface area contributed by atoms with Crippen LogP contribution in [0.4, 0.5) is 0 Å². The van der Waals surface area contributed by atoms with Gasteiger partial charge in [-0.3, -0.25) is 19.2 Å². The summed E-state index contributed by atoms with van der Waals surface area (Å²) in [6, 6.07) is 20.8. The van der Waals surface area contributed by atoms with Crippen LogP contribution in [0.5, 0.6) is 0 Å². The molecule has 11 heteroatoms. The van der Waals surface area contributed by atoms with E-state index in [9.17, 15) is 24.3 Å². The minimum atomic E-state index is -1.14. The number of benzene rings is 3. The molecule has 3 aromatic carbocycles. The molecule has 53 heavy (non-hydrogen) atoms. The van der Waals surface area contributed by atoms with Gasteiger partial charge in [0.15, 0.2) is 0 Å². The first-order chi connectivity index (χ1) is 25.5. The van der Waals surface area contributed by atoms with Gasteiger partial charge in [0.05, 0.1) is 30.6 Å². The Bertz CT molecular complexity index is 1740.